The van der Waals surface area contributed by atoms with Crippen molar-refractivity contribution in [2.75, 3.05) is 18.5 Å². The summed E-state index contributed by atoms with van der Waals surface area (Å²) < 4.78 is 0. The zero-order chi connectivity index (χ0) is 24.9. The lowest BCUT2D eigenvalue weighted by Gasteiger charge is -2.12. The third-order valence-electron chi connectivity index (χ3n) is 6.70. The van der Waals surface area contributed by atoms with Crippen molar-refractivity contribution < 1.29 is 9.90 Å². The fraction of sp³-hybridized carbons (Fsp3) is 0.586. The first kappa shape index (κ1) is 28.0. The van der Waals surface area contributed by atoms with E-state index in [-0.39, 0.29) is 18.6 Å². The maximum absolute atomic E-state index is 12.6. The van der Waals surface area contributed by atoms with Gasteiger partial charge in [0.15, 0.2) is 0 Å². The fourth-order valence-electron chi connectivity index (χ4n) is 4.76. The second-order valence-electron chi connectivity index (χ2n) is 9.33. The maximum Gasteiger partial charge on any atom is 0.224 e. The molecular weight excluding hydrogens is 422 g/mol. The number of aliphatic hydroxyl groups is 1. The number of hydrogen-bond acceptors (Lipinski definition) is 4. The molecule has 1 aromatic carbocycles. The predicted molar refractivity (Wildman–Crippen MR) is 144 cm³/mol. The van der Waals surface area contributed by atoms with Gasteiger partial charge in [-0.15, -0.1) is 0 Å². The highest BCUT2D eigenvalue weighted by Gasteiger charge is 2.26. The molecule has 1 amide bonds. The van der Waals surface area contributed by atoms with E-state index in [0.717, 1.165) is 60.9 Å². The number of amides is 1. The number of allylic oxidation sites excluding steroid dienone is 1. The van der Waals surface area contributed by atoms with Crippen LogP contribution in [0.2, 0.25) is 0 Å². The Morgan fingerprint density at radius 3 is 2.74 bits per heavy atom. The van der Waals surface area contributed by atoms with E-state index in [1.165, 1.54) is 18.4 Å². The standard InChI is InChI=1S/C27H39N3O2.C2H6/c1-4-22-17-21(16-19(22)2)8-5-12-27(32)30-26-11-6-10-25-24(26)14-13-23(29-25)9-7-15-28-20(3)18-31;1-2/h6,10-11,13-14,20-22,28,31H,2,4-5,7-9,12,15-18H2,1,3H3,(H,30,32);1-2H3. The highest BCUT2D eigenvalue weighted by Crippen LogP contribution is 2.39. The third kappa shape index (κ3) is 8.52. The van der Waals surface area contributed by atoms with Crippen molar-refractivity contribution in [3.63, 3.8) is 0 Å². The number of aryl methyl sites for hydroxylation is 1. The second kappa shape index (κ2) is 14.9. The minimum atomic E-state index is 0.0783. The van der Waals surface area contributed by atoms with Gasteiger partial charge in [-0.2, -0.15) is 0 Å². The van der Waals surface area contributed by atoms with Gasteiger partial charge in [0.1, 0.15) is 0 Å². The first-order valence-electron chi connectivity index (χ1n) is 13.2. The van der Waals surface area contributed by atoms with Crippen LogP contribution in [0, 0.1) is 11.8 Å². The molecule has 1 aliphatic carbocycles. The summed E-state index contributed by atoms with van der Waals surface area (Å²) in [7, 11) is 0. The van der Waals surface area contributed by atoms with E-state index in [9.17, 15) is 4.79 Å². The average molecular weight is 468 g/mol. The smallest absolute Gasteiger partial charge is 0.224 e. The molecule has 188 valence electrons. The zero-order valence-corrected chi connectivity index (χ0v) is 21.7. The van der Waals surface area contributed by atoms with Crippen molar-refractivity contribution in [2.45, 2.75) is 85.1 Å². The number of nitrogens with one attached hydrogen (secondary N) is 2. The number of rotatable bonds is 12. The average Bonchev–Trinajstić information content (AvgIpc) is 3.22. The van der Waals surface area contributed by atoms with Crippen LogP contribution in [0.1, 0.15) is 78.3 Å². The van der Waals surface area contributed by atoms with Gasteiger partial charge in [-0.25, -0.2) is 0 Å². The highest BCUT2D eigenvalue weighted by molar-refractivity contribution is 6.00. The van der Waals surface area contributed by atoms with Crippen LogP contribution >= 0.6 is 0 Å². The number of carbonyl (C=O) groups excluding carboxylic acids is 1. The Balaban J connectivity index is 0.00000199. The lowest BCUT2D eigenvalue weighted by atomic mass is 9.97. The number of pyridine rings is 1. The van der Waals surface area contributed by atoms with Gasteiger partial charge in [0.2, 0.25) is 5.91 Å². The molecule has 1 saturated carbocycles. The minimum absolute atomic E-state index is 0.0783. The Hall–Kier alpha value is -2.24. The normalized spacial score (nSPS) is 18.4. The van der Waals surface area contributed by atoms with Gasteiger partial charge in [-0.05, 0) is 94.5 Å². The number of nitrogens with zero attached hydrogens (tertiary/aromatic N) is 1. The molecule has 0 spiro atoms. The summed E-state index contributed by atoms with van der Waals surface area (Å²) in [6.07, 6.45) is 7.99. The molecule has 3 N–H and O–H groups in total. The van der Waals surface area contributed by atoms with Gasteiger partial charge in [0.05, 0.1) is 17.8 Å². The van der Waals surface area contributed by atoms with Crippen LogP contribution in [-0.4, -0.2) is 35.2 Å². The molecule has 1 heterocycles. The Bertz CT molecular complexity index is 911. The monoisotopic (exact) mass is 467 g/mol. The molecule has 0 bridgehead atoms. The first-order valence-corrected chi connectivity index (χ1v) is 13.2. The third-order valence-corrected chi connectivity index (χ3v) is 6.70. The Kier molecular flexibility index (Phi) is 12.3. The van der Waals surface area contributed by atoms with Gasteiger partial charge >= 0.3 is 0 Å². The van der Waals surface area contributed by atoms with Crippen LogP contribution < -0.4 is 10.6 Å². The number of benzene rings is 1. The lowest BCUT2D eigenvalue weighted by Crippen LogP contribution is -2.30. The Morgan fingerprint density at radius 2 is 2.03 bits per heavy atom. The van der Waals surface area contributed by atoms with Gasteiger partial charge in [-0.3, -0.25) is 9.78 Å². The SMILES string of the molecule is C=C1CC(CCCC(=O)Nc2cccc3nc(CCCNC(C)CO)ccc23)CC1CC.CC. The summed E-state index contributed by atoms with van der Waals surface area (Å²) in [5.74, 6) is 1.46. The van der Waals surface area contributed by atoms with E-state index in [2.05, 4.69) is 30.2 Å². The molecule has 1 aromatic heterocycles. The topological polar surface area (TPSA) is 74.2 Å². The largest absolute Gasteiger partial charge is 0.395 e. The van der Waals surface area contributed by atoms with Crippen molar-refractivity contribution in [1.29, 1.82) is 0 Å². The van der Waals surface area contributed by atoms with Crippen LogP contribution in [0.25, 0.3) is 10.9 Å². The number of hydrogen-bond donors (Lipinski definition) is 3. The van der Waals surface area contributed by atoms with E-state index in [1.54, 1.807) is 0 Å². The number of anilines is 1. The van der Waals surface area contributed by atoms with Gasteiger partial charge < -0.3 is 15.7 Å². The van der Waals surface area contributed by atoms with Crippen LogP contribution in [-0.2, 0) is 11.2 Å². The quantitative estimate of drug-likeness (QED) is 0.254. The lowest BCUT2D eigenvalue weighted by molar-refractivity contribution is -0.116. The fourth-order valence-corrected chi connectivity index (χ4v) is 4.76. The maximum atomic E-state index is 12.6. The molecule has 0 radical (unpaired) electrons. The molecule has 0 aliphatic heterocycles. The molecule has 1 aliphatic rings. The van der Waals surface area contributed by atoms with Crippen LogP contribution in [0.4, 0.5) is 5.69 Å². The molecule has 34 heavy (non-hydrogen) atoms. The summed E-state index contributed by atoms with van der Waals surface area (Å²) in [4.78, 5) is 17.3. The van der Waals surface area contributed by atoms with Gasteiger partial charge in [-0.1, -0.05) is 39.0 Å². The first-order chi connectivity index (χ1) is 16.5. The molecule has 3 atom stereocenters. The number of aromatic nitrogens is 1. The number of aliphatic hydroxyl groups excluding tert-OH is 1. The minimum Gasteiger partial charge on any atom is -0.395 e. The molecular formula is C29H45N3O2. The van der Waals surface area contributed by atoms with Crippen molar-refractivity contribution in [1.82, 2.24) is 10.3 Å². The summed E-state index contributed by atoms with van der Waals surface area (Å²) in [5, 5.41) is 16.4. The van der Waals surface area contributed by atoms with Gasteiger partial charge in [0.25, 0.3) is 0 Å². The predicted octanol–water partition coefficient (Wildman–Crippen LogP) is 6.27. The summed E-state index contributed by atoms with van der Waals surface area (Å²) in [6.45, 7) is 13.4. The van der Waals surface area contributed by atoms with Gasteiger partial charge in [0, 0.05) is 23.5 Å². The van der Waals surface area contributed by atoms with E-state index < -0.39 is 0 Å². The van der Waals surface area contributed by atoms with Crippen molar-refractivity contribution in [2.24, 2.45) is 11.8 Å². The van der Waals surface area contributed by atoms with E-state index in [4.69, 9.17) is 10.1 Å². The van der Waals surface area contributed by atoms with Crippen LogP contribution in [0.3, 0.4) is 0 Å². The Morgan fingerprint density at radius 1 is 1.24 bits per heavy atom. The van der Waals surface area contributed by atoms with E-state index in [0.29, 0.717) is 18.3 Å². The second-order valence-corrected chi connectivity index (χ2v) is 9.33. The van der Waals surface area contributed by atoms with E-state index >= 15 is 0 Å². The summed E-state index contributed by atoms with van der Waals surface area (Å²) >= 11 is 0. The number of carbonyl (C=O) groups is 1. The molecule has 5 nitrogen and oxygen atoms in total. The molecule has 3 rings (SSSR count). The summed E-state index contributed by atoms with van der Waals surface area (Å²) in [6, 6.07) is 10.1. The number of fused-ring (bicyclic) bond motifs is 1. The van der Waals surface area contributed by atoms with Crippen molar-refractivity contribution in [3.8, 4) is 0 Å². The molecule has 1 fully saturated rings. The molecule has 0 saturated heterocycles. The Labute approximate surface area is 206 Å². The molecule has 3 unspecified atom stereocenters. The molecule has 5 heteroatoms. The van der Waals surface area contributed by atoms with Crippen LogP contribution in [0.5, 0.6) is 0 Å². The van der Waals surface area contributed by atoms with Crippen molar-refractivity contribution in [3.05, 3.63) is 48.2 Å². The van der Waals surface area contributed by atoms with E-state index in [1.807, 2.05) is 45.0 Å². The zero-order valence-electron chi connectivity index (χ0n) is 21.7. The summed E-state index contributed by atoms with van der Waals surface area (Å²) in [5.41, 5.74) is 4.20. The molecule has 2 aromatic rings. The highest BCUT2D eigenvalue weighted by atomic mass is 16.3. The van der Waals surface area contributed by atoms with Crippen LogP contribution in [0.15, 0.2) is 42.5 Å². The van der Waals surface area contributed by atoms with Crippen molar-refractivity contribution >= 4 is 22.5 Å².